The number of nitrogen functional groups attached to an aromatic ring is 1. The van der Waals surface area contributed by atoms with Crippen LogP contribution in [0, 0.1) is 6.92 Å². The summed E-state index contributed by atoms with van der Waals surface area (Å²) < 4.78 is 0.799. The zero-order chi connectivity index (χ0) is 13.2. The van der Waals surface area contributed by atoms with E-state index in [0.29, 0.717) is 11.5 Å². The van der Waals surface area contributed by atoms with Crippen molar-refractivity contribution < 1.29 is 4.79 Å². The van der Waals surface area contributed by atoms with Crippen LogP contribution in [0.4, 0.5) is 11.5 Å². The van der Waals surface area contributed by atoms with Gasteiger partial charge in [0.25, 0.3) is 0 Å². The van der Waals surface area contributed by atoms with Gasteiger partial charge in [-0.3, -0.25) is 4.79 Å². The Morgan fingerprint density at radius 1 is 1.59 bits per heavy atom. The summed E-state index contributed by atoms with van der Waals surface area (Å²) in [5.41, 5.74) is 12.5. The van der Waals surface area contributed by atoms with Gasteiger partial charge >= 0.3 is 0 Å². The first-order valence-corrected chi connectivity index (χ1v) is 6.09. The molecular formula is C11H17BrN4O. The topological polar surface area (TPSA) is 85.2 Å². The van der Waals surface area contributed by atoms with Crippen molar-refractivity contribution >= 4 is 33.3 Å². The minimum atomic E-state index is -0.387. The third-order valence-corrected chi connectivity index (χ3v) is 3.46. The van der Waals surface area contributed by atoms with E-state index < -0.39 is 0 Å². The van der Waals surface area contributed by atoms with E-state index in [1.165, 1.54) is 0 Å². The summed E-state index contributed by atoms with van der Waals surface area (Å²) in [6, 6.07) is 0.120. The van der Waals surface area contributed by atoms with Crippen LogP contribution in [0.25, 0.3) is 0 Å². The summed E-state index contributed by atoms with van der Waals surface area (Å²) in [7, 11) is 0. The average molecular weight is 301 g/mol. The Balaban J connectivity index is 3.19. The van der Waals surface area contributed by atoms with E-state index in [1.807, 2.05) is 25.7 Å². The number of nitrogens with two attached hydrogens (primary N) is 2. The summed E-state index contributed by atoms with van der Waals surface area (Å²) in [5, 5.41) is 0. The lowest BCUT2D eigenvalue weighted by atomic mass is 10.2. The minimum absolute atomic E-state index is 0.120. The summed E-state index contributed by atoms with van der Waals surface area (Å²) in [6.45, 7) is 5.98. The van der Waals surface area contributed by atoms with Crippen molar-refractivity contribution in [2.75, 3.05) is 17.2 Å². The molecule has 5 nitrogen and oxygen atoms in total. The van der Waals surface area contributed by atoms with Gasteiger partial charge in [0.2, 0.25) is 5.91 Å². The van der Waals surface area contributed by atoms with E-state index in [0.717, 1.165) is 10.0 Å². The number of hydrogen-bond donors (Lipinski definition) is 2. The van der Waals surface area contributed by atoms with Crippen LogP contribution in [0.2, 0.25) is 0 Å². The maximum Gasteiger partial charge on any atom is 0.237 e. The third-order valence-electron chi connectivity index (χ3n) is 2.51. The molecule has 17 heavy (non-hydrogen) atoms. The van der Waals surface area contributed by atoms with Crippen molar-refractivity contribution in [2.45, 2.75) is 26.8 Å². The first-order chi connectivity index (χ1) is 7.84. The molecule has 0 aliphatic rings. The molecule has 1 amide bonds. The SMILES string of the molecule is Cc1c(N)cnc(N(CC(N)=O)C(C)C)c1Br. The number of amides is 1. The smallest absolute Gasteiger partial charge is 0.237 e. The molecule has 0 fully saturated rings. The van der Waals surface area contributed by atoms with Crippen molar-refractivity contribution in [3.63, 3.8) is 0 Å². The molecule has 0 radical (unpaired) electrons. The first-order valence-electron chi connectivity index (χ1n) is 5.30. The van der Waals surface area contributed by atoms with Crippen LogP contribution < -0.4 is 16.4 Å². The highest BCUT2D eigenvalue weighted by Crippen LogP contribution is 2.31. The molecule has 6 heteroatoms. The molecule has 0 saturated carbocycles. The number of rotatable bonds is 4. The predicted molar refractivity (Wildman–Crippen MR) is 72.8 cm³/mol. The predicted octanol–water partition coefficient (Wildman–Crippen LogP) is 1.43. The van der Waals surface area contributed by atoms with Crippen molar-refractivity contribution in [1.29, 1.82) is 0 Å². The normalized spacial score (nSPS) is 10.6. The molecule has 1 heterocycles. The Morgan fingerprint density at radius 2 is 2.18 bits per heavy atom. The van der Waals surface area contributed by atoms with E-state index in [-0.39, 0.29) is 18.5 Å². The van der Waals surface area contributed by atoms with E-state index in [9.17, 15) is 4.79 Å². The van der Waals surface area contributed by atoms with Gasteiger partial charge in [0.15, 0.2) is 0 Å². The molecule has 0 saturated heterocycles. The Bertz CT molecular complexity index is 434. The number of halogens is 1. The van der Waals surface area contributed by atoms with Gasteiger partial charge in [-0.05, 0) is 42.3 Å². The zero-order valence-corrected chi connectivity index (χ0v) is 11.8. The maximum atomic E-state index is 11.1. The monoisotopic (exact) mass is 300 g/mol. The van der Waals surface area contributed by atoms with Crippen LogP contribution in [0.15, 0.2) is 10.7 Å². The van der Waals surface area contributed by atoms with Gasteiger partial charge in [0.05, 0.1) is 22.9 Å². The average Bonchev–Trinajstić information content (AvgIpc) is 2.23. The summed E-state index contributed by atoms with van der Waals surface area (Å²) in [4.78, 5) is 17.2. The fourth-order valence-corrected chi connectivity index (χ4v) is 2.01. The second kappa shape index (κ2) is 5.35. The number of carbonyl (C=O) groups excluding carboxylic acids is 1. The molecule has 0 spiro atoms. The van der Waals surface area contributed by atoms with Gasteiger partial charge in [-0.2, -0.15) is 0 Å². The van der Waals surface area contributed by atoms with E-state index in [4.69, 9.17) is 11.5 Å². The van der Waals surface area contributed by atoms with Crippen LogP contribution in [-0.2, 0) is 4.79 Å². The zero-order valence-electron chi connectivity index (χ0n) is 10.2. The summed E-state index contributed by atoms with van der Waals surface area (Å²) in [5.74, 6) is 0.298. The largest absolute Gasteiger partial charge is 0.397 e. The molecule has 0 aliphatic carbocycles. The summed E-state index contributed by atoms with van der Waals surface area (Å²) >= 11 is 3.45. The Kier molecular flexibility index (Phi) is 4.34. The second-order valence-electron chi connectivity index (χ2n) is 4.16. The highest BCUT2D eigenvalue weighted by molar-refractivity contribution is 9.10. The number of pyridine rings is 1. The second-order valence-corrected chi connectivity index (χ2v) is 4.96. The molecule has 0 aromatic carbocycles. The van der Waals surface area contributed by atoms with Gasteiger partial charge in [0, 0.05) is 6.04 Å². The van der Waals surface area contributed by atoms with Gasteiger partial charge in [-0.15, -0.1) is 0 Å². The van der Waals surface area contributed by atoms with Crippen LogP contribution in [0.3, 0.4) is 0 Å². The van der Waals surface area contributed by atoms with Gasteiger partial charge in [-0.1, -0.05) is 0 Å². The van der Waals surface area contributed by atoms with Gasteiger partial charge < -0.3 is 16.4 Å². The molecule has 94 valence electrons. The molecule has 0 bridgehead atoms. The lowest BCUT2D eigenvalue weighted by Gasteiger charge is -2.28. The number of primary amides is 1. The lowest BCUT2D eigenvalue weighted by Crippen LogP contribution is -2.39. The molecule has 0 atom stereocenters. The molecule has 1 aromatic rings. The van der Waals surface area contributed by atoms with Crippen molar-refractivity contribution in [3.8, 4) is 0 Å². The van der Waals surface area contributed by atoms with E-state index >= 15 is 0 Å². The van der Waals surface area contributed by atoms with Crippen LogP contribution >= 0.6 is 15.9 Å². The van der Waals surface area contributed by atoms with Crippen molar-refractivity contribution in [3.05, 3.63) is 16.2 Å². The quantitative estimate of drug-likeness (QED) is 0.881. The number of carbonyl (C=O) groups is 1. The van der Waals surface area contributed by atoms with Crippen molar-refractivity contribution in [1.82, 2.24) is 4.98 Å². The van der Waals surface area contributed by atoms with Crippen LogP contribution in [-0.4, -0.2) is 23.5 Å². The Morgan fingerprint density at radius 3 is 2.65 bits per heavy atom. The molecule has 1 aromatic heterocycles. The lowest BCUT2D eigenvalue weighted by molar-refractivity contribution is -0.116. The van der Waals surface area contributed by atoms with Gasteiger partial charge in [0.1, 0.15) is 5.82 Å². The number of hydrogen-bond acceptors (Lipinski definition) is 4. The highest BCUT2D eigenvalue weighted by Gasteiger charge is 2.19. The fourth-order valence-electron chi connectivity index (χ4n) is 1.45. The third kappa shape index (κ3) is 3.09. The van der Waals surface area contributed by atoms with E-state index in [1.54, 1.807) is 6.20 Å². The van der Waals surface area contributed by atoms with Crippen LogP contribution in [0.1, 0.15) is 19.4 Å². The number of nitrogens with zero attached hydrogens (tertiary/aromatic N) is 2. The van der Waals surface area contributed by atoms with E-state index in [2.05, 4.69) is 20.9 Å². The molecule has 4 N–H and O–H groups in total. The Labute approximate surface area is 109 Å². The van der Waals surface area contributed by atoms with Crippen molar-refractivity contribution in [2.24, 2.45) is 5.73 Å². The summed E-state index contributed by atoms with van der Waals surface area (Å²) in [6.07, 6.45) is 1.59. The minimum Gasteiger partial charge on any atom is -0.397 e. The Hall–Kier alpha value is -1.30. The van der Waals surface area contributed by atoms with Crippen LogP contribution in [0.5, 0.6) is 0 Å². The molecule has 1 rings (SSSR count). The maximum absolute atomic E-state index is 11.1. The molecule has 0 aliphatic heterocycles. The highest BCUT2D eigenvalue weighted by atomic mass is 79.9. The van der Waals surface area contributed by atoms with Gasteiger partial charge in [-0.25, -0.2) is 4.98 Å². The first kappa shape index (κ1) is 13.8. The standard InChI is InChI=1S/C11H17BrN4O/c1-6(2)16(5-9(14)17)11-10(12)7(3)8(13)4-15-11/h4,6H,5,13H2,1-3H3,(H2,14,17). The number of aromatic nitrogens is 1. The molecular weight excluding hydrogens is 284 g/mol. The molecule has 0 unspecified atom stereocenters. The fraction of sp³-hybridized carbons (Fsp3) is 0.455. The number of anilines is 2.